The van der Waals surface area contributed by atoms with Gasteiger partial charge in [-0.25, -0.2) is 0 Å². The highest BCUT2D eigenvalue weighted by molar-refractivity contribution is 5.15. The molecule has 20 heavy (non-hydrogen) atoms. The molecule has 2 nitrogen and oxygen atoms in total. The van der Waals surface area contributed by atoms with E-state index in [1.165, 1.54) is 44.1 Å². The highest BCUT2D eigenvalue weighted by Gasteiger charge is 2.57. The van der Waals surface area contributed by atoms with Gasteiger partial charge in [0.25, 0.3) is 0 Å². The van der Waals surface area contributed by atoms with Crippen molar-refractivity contribution in [3.8, 4) is 0 Å². The Bertz CT molecular complexity index is 469. The van der Waals surface area contributed by atoms with Crippen molar-refractivity contribution in [1.82, 2.24) is 5.32 Å². The van der Waals surface area contributed by atoms with Gasteiger partial charge in [0, 0.05) is 6.54 Å². The Balaban J connectivity index is 1.52. The van der Waals surface area contributed by atoms with Gasteiger partial charge in [-0.1, -0.05) is 37.3 Å². The quantitative estimate of drug-likeness (QED) is 0.898. The summed E-state index contributed by atoms with van der Waals surface area (Å²) >= 11 is 0. The second-order valence-electron chi connectivity index (χ2n) is 7.26. The summed E-state index contributed by atoms with van der Waals surface area (Å²) in [6.45, 7) is 3.23. The predicted octanol–water partition coefficient (Wildman–Crippen LogP) is 3.86. The van der Waals surface area contributed by atoms with Gasteiger partial charge in [0.05, 0.1) is 5.60 Å². The first kappa shape index (κ1) is 12.8. The van der Waals surface area contributed by atoms with E-state index < -0.39 is 0 Å². The lowest BCUT2D eigenvalue weighted by Gasteiger charge is -2.62. The zero-order valence-electron chi connectivity index (χ0n) is 12.4. The van der Waals surface area contributed by atoms with Crippen LogP contribution >= 0.6 is 0 Å². The zero-order chi connectivity index (χ0) is 13.6. The summed E-state index contributed by atoms with van der Waals surface area (Å²) < 4.78 is 6.66. The van der Waals surface area contributed by atoms with Crippen LogP contribution in [0.5, 0.6) is 0 Å². The summed E-state index contributed by atoms with van der Waals surface area (Å²) in [6, 6.07) is 10.7. The van der Waals surface area contributed by atoms with Crippen LogP contribution in [0.15, 0.2) is 30.3 Å². The fraction of sp³-hybridized carbons (Fsp3) is 0.667. The number of nitrogens with one attached hydrogen (secondary N) is 1. The summed E-state index contributed by atoms with van der Waals surface area (Å²) in [4.78, 5) is 0. The molecule has 0 radical (unpaired) electrons. The van der Waals surface area contributed by atoms with Gasteiger partial charge in [-0.15, -0.1) is 0 Å². The van der Waals surface area contributed by atoms with Crippen LogP contribution in [0.3, 0.4) is 0 Å². The lowest BCUT2D eigenvalue weighted by atomic mass is 9.59. The average molecular weight is 271 g/mol. The van der Waals surface area contributed by atoms with E-state index in [1.807, 2.05) is 0 Å². The minimum Gasteiger partial charge on any atom is -0.354 e. The molecule has 2 saturated carbocycles. The molecule has 4 fully saturated rings. The summed E-state index contributed by atoms with van der Waals surface area (Å²) in [5.41, 5.74) is 1.52. The first-order valence-electron chi connectivity index (χ1n) is 8.20. The van der Waals surface area contributed by atoms with Crippen LogP contribution in [0.1, 0.15) is 51.0 Å². The van der Waals surface area contributed by atoms with E-state index in [2.05, 4.69) is 42.6 Å². The van der Waals surface area contributed by atoms with E-state index in [-0.39, 0.29) is 11.3 Å². The molecular weight excluding hydrogens is 246 g/mol. The van der Waals surface area contributed by atoms with Crippen molar-refractivity contribution in [2.24, 2.45) is 11.8 Å². The average Bonchev–Trinajstić information content (AvgIpc) is 2.45. The highest BCUT2D eigenvalue weighted by atomic mass is 16.5. The number of rotatable bonds is 4. The Kier molecular flexibility index (Phi) is 2.94. The Morgan fingerprint density at radius 2 is 1.80 bits per heavy atom. The van der Waals surface area contributed by atoms with E-state index in [1.54, 1.807) is 0 Å². The second kappa shape index (κ2) is 4.57. The molecule has 0 spiro atoms. The Morgan fingerprint density at radius 1 is 1.10 bits per heavy atom. The molecule has 0 amide bonds. The van der Waals surface area contributed by atoms with Crippen molar-refractivity contribution in [3.05, 3.63) is 35.9 Å². The number of benzene rings is 1. The number of ether oxygens (including phenoxy) is 1. The standard InChI is InChI=1S/C18H25NO/c1-2-17-9-15-8-16(10-17)12-18(11-15,20-17)19-13-14-6-4-3-5-7-14/h3-7,15-16,19H,2,8-13H2,1H3/t15-,16+,17+,18-. The van der Waals surface area contributed by atoms with Gasteiger partial charge in [-0.05, 0) is 55.9 Å². The van der Waals surface area contributed by atoms with E-state index >= 15 is 0 Å². The van der Waals surface area contributed by atoms with E-state index in [0.717, 1.165) is 18.4 Å². The van der Waals surface area contributed by atoms with Crippen molar-refractivity contribution in [1.29, 1.82) is 0 Å². The van der Waals surface area contributed by atoms with Crippen LogP contribution in [-0.2, 0) is 11.3 Å². The van der Waals surface area contributed by atoms with Crippen molar-refractivity contribution >= 4 is 0 Å². The Labute approximate surface area is 121 Å². The molecule has 0 unspecified atom stereocenters. The van der Waals surface area contributed by atoms with Gasteiger partial charge in [-0.2, -0.15) is 0 Å². The summed E-state index contributed by atoms with van der Waals surface area (Å²) in [5.74, 6) is 1.78. The van der Waals surface area contributed by atoms with Crippen LogP contribution < -0.4 is 5.32 Å². The fourth-order valence-electron chi connectivity index (χ4n) is 5.08. The van der Waals surface area contributed by atoms with E-state index in [9.17, 15) is 0 Å². The molecule has 1 aromatic carbocycles. The third-order valence-corrected chi connectivity index (χ3v) is 5.74. The monoisotopic (exact) mass is 271 g/mol. The van der Waals surface area contributed by atoms with Gasteiger partial charge >= 0.3 is 0 Å². The molecule has 1 aromatic rings. The van der Waals surface area contributed by atoms with Crippen LogP contribution in [0.25, 0.3) is 0 Å². The largest absolute Gasteiger partial charge is 0.354 e. The van der Waals surface area contributed by atoms with Gasteiger partial charge < -0.3 is 4.74 Å². The van der Waals surface area contributed by atoms with E-state index in [4.69, 9.17) is 4.74 Å². The minimum absolute atomic E-state index is 0.0318. The highest BCUT2D eigenvalue weighted by Crippen LogP contribution is 2.57. The Hall–Kier alpha value is -0.860. The maximum atomic E-state index is 6.66. The Morgan fingerprint density at radius 3 is 2.45 bits per heavy atom. The molecule has 2 saturated heterocycles. The first-order valence-corrected chi connectivity index (χ1v) is 8.20. The van der Waals surface area contributed by atoms with Crippen molar-refractivity contribution in [2.75, 3.05) is 0 Å². The summed E-state index contributed by atoms with van der Waals surface area (Å²) in [7, 11) is 0. The second-order valence-corrected chi connectivity index (χ2v) is 7.26. The molecule has 4 aliphatic rings. The maximum absolute atomic E-state index is 6.66. The van der Waals surface area contributed by atoms with Crippen LogP contribution in [0.2, 0.25) is 0 Å². The molecule has 1 N–H and O–H groups in total. The van der Waals surface area contributed by atoms with Crippen LogP contribution in [0, 0.1) is 11.8 Å². The third kappa shape index (κ3) is 2.10. The smallest absolute Gasteiger partial charge is 0.120 e. The molecule has 2 heteroatoms. The SMILES string of the molecule is CC[C@]12C[C@H]3C[C@@H](C1)C[C@@](NCc1ccccc1)(C3)O2. The molecule has 5 rings (SSSR count). The molecule has 4 bridgehead atoms. The van der Waals surface area contributed by atoms with Crippen molar-refractivity contribution in [2.45, 2.75) is 63.3 Å². The van der Waals surface area contributed by atoms with Gasteiger partial charge in [0.1, 0.15) is 5.72 Å². The van der Waals surface area contributed by atoms with Crippen LogP contribution in [-0.4, -0.2) is 11.3 Å². The van der Waals surface area contributed by atoms with Crippen molar-refractivity contribution in [3.63, 3.8) is 0 Å². The lowest BCUT2D eigenvalue weighted by molar-refractivity contribution is -0.287. The van der Waals surface area contributed by atoms with Gasteiger partial charge in [0.15, 0.2) is 0 Å². The molecule has 4 atom stereocenters. The van der Waals surface area contributed by atoms with Gasteiger partial charge in [-0.3, -0.25) is 5.32 Å². The predicted molar refractivity (Wildman–Crippen MR) is 80.2 cm³/mol. The molecule has 108 valence electrons. The topological polar surface area (TPSA) is 21.3 Å². The first-order chi connectivity index (χ1) is 9.71. The molecule has 2 aliphatic heterocycles. The van der Waals surface area contributed by atoms with E-state index in [0.29, 0.717) is 0 Å². The normalized spacial score (nSPS) is 42.0. The number of hydrogen-bond acceptors (Lipinski definition) is 2. The lowest BCUT2D eigenvalue weighted by Crippen LogP contribution is -2.66. The maximum Gasteiger partial charge on any atom is 0.120 e. The molecule has 2 aliphatic carbocycles. The molecular formula is C18H25NO. The third-order valence-electron chi connectivity index (χ3n) is 5.74. The molecule has 0 aromatic heterocycles. The fourth-order valence-corrected chi connectivity index (χ4v) is 5.08. The van der Waals surface area contributed by atoms with Crippen LogP contribution in [0.4, 0.5) is 0 Å². The summed E-state index contributed by atoms with van der Waals surface area (Å²) in [6.07, 6.45) is 7.66. The van der Waals surface area contributed by atoms with Gasteiger partial charge in [0.2, 0.25) is 0 Å². The minimum atomic E-state index is -0.0318. The van der Waals surface area contributed by atoms with Crippen molar-refractivity contribution < 1.29 is 4.74 Å². The summed E-state index contributed by atoms with van der Waals surface area (Å²) in [5, 5.41) is 3.78. The zero-order valence-corrected chi connectivity index (χ0v) is 12.4. The molecule has 2 heterocycles. The number of hydrogen-bond donors (Lipinski definition) is 1.